The van der Waals surface area contributed by atoms with E-state index in [1.807, 2.05) is 79.7 Å². The Morgan fingerprint density at radius 2 is 1.59 bits per heavy atom. The molecule has 4 nitrogen and oxygen atoms in total. The molecule has 2 unspecified atom stereocenters. The Labute approximate surface area is 162 Å². The highest BCUT2D eigenvalue weighted by Gasteiger charge is 2.49. The summed E-state index contributed by atoms with van der Waals surface area (Å²) in [4.78, 5) is 17.9. The zero-order chi connectivity index (χ0) is 19.3. The van der Waals surface area contributed by atoms with Crippen LogP contribution in [0.25, 0.3) is 0 Å². The Morgan fingerprint density at radius 1 is 1.04 bits per heavy atom. The third-order valence-electron chi connectivity index (χ3n) is 5.60. The van der Waals surface area contributed by atoms with Gasteiger partial charge in [0.05, 0.1) is 6.10 Å². The fourth-order valence-electron chi connectivity index (χ4n) is 4.04. The van der Waals surface area contributed by atoms with Gasteiger partial charge in [-0.2, -0.15) is 0 Å². The van der Waals surface area contributed by atoms with E-state index in [0.29, 0.717) is 6.42 Å². The summed E-state index contributed by atoms with van der Waals surface area (Å²) >= 11 is 0. The van der Waals surface area contributed by atoms with Crippen LogP contribution in [0.5, 0.6) is 0 Å². The van der Waals surface area contributed by atoms with Crippen molar-refractivity contribution in [2.45, 2.75) is 30.8 Å². The lowest BCUT2D eigenvalue weighted by Gasteiger charge is -2.41. The van der Waals surface area contributed by atoms with Crippen LogP contribution < -0.4 is 0 Å². The van der Waals surface area contributed by atoms with Gasteiger partial charge in [-0.25, -0.2) is 0 Å². The number of benzene rings is 2. The van der Waals surface area contributed by atoms with Crippen LogP contribution in [0.2, 0.25) is 0 Å². The van der Waals surface area contributed by atoms with Gasteiger partial charge in [0.15, 0.2) is 0 Å². The van der Waals surface area contributed by atoms with Crippen LogP contribution in [-0.2, 0) is 10.2 Å². The minimum atomic E-state index is -0.989. The van der Waals surface area contributed by atoms with E-state index < -0.39 is 11.5 Å². The minimum Gasteiger partial charge on any atom is -0.387 e. The monoisotopic (exact) mass is 366 g/mol. The van der Waals surface area contributed by atoms with Crippen LogP contribution in [0.1, 0.15) is 36.5 Å². The number of hydrogen-bond donors (Lipinski definition) is 1. The first-order chi connectivity index (χ1) is 13.1. The number of aliphatic hydroxyl groups is 1. The molecule has 0 spiro atoms. The lowest BCUT2D eigenvalue weighted by atomic mass is 9.69. The topological polar surface area (TPSA) is 43.8 Å². The lowest BCUT2D eigenvalue weighted by Crippen LogP contribution is -2.51. The van der Waals surface area contributed by atoms with Gasteiger partial charge in [0.2, 0.25) is 5.91 Å². The Kier molecular flexibility index (Phi) is 6.30. The summed E-state index contributed by atoms with van der Waals surface area (Å²) in [6.07, 6.45) is 1.74. The second kappa shape index (κ2) is 8.68. The molecule has 2 aromatic carbocycles. The van der Waals surface area contributed by atoms with E-state index >= 15 is 0 Å². The predicted octanol–water partition coefficient (Wildman–Crippen LogP) is 3.23. The van der Waals surface area contributed by atoms with Gasteiger partial charge in [0.1, 0.15) is 5.41 Å². The summed E-state index contributed by atoms with van der Waals surface area (Å²) in [6.45, 7) is 2.27. The first-order valence-corrected chi connectivity index (χ1v) is 9.78. The molecule has 144 valence electrons. The van der Waals surface area contributed by atoms with E-state index in [0.717, 1.165) is 43.6 Å². The molecule has 0 aliphatic carbocycles. The van der Waals surface area contributed by atoms with Gasteiger partial charge in [-0.05, 0) is 51.0 Å². The predicted molar refractivity (Wildman–Crippen MR) is 109 cm³/mol. The van der Waals surface area contributed by atoms with E-state index in [9.17, 15) is 9.90 Å². The molecule has 1 aliphatic rings. The summed E-state index contributed by atoms with van der Waals surface area (Å²) < 4.78 is 0. The van der Waals surface area contributed by atoms with Crippen LogP contribution in [0.15, 0.2) is 60.7 Å². The number of carbonyl (C=O) groups is 1. The van der Waals surface area contributed by atoms with Gasteiger partial charge in [-0.1, -0.05) is 60.7 Å². The molecular weight excluding hydrogens is 336 g/mol. The number of rotatable bonds is 7. The maximum atomic E-state index is 13.8. The maximum absolute atomic E-state index is 13.8. The Morgan fingerprint density at radius 3 is 2.15 bits per heavy atom. The fourth-order valence-corrected chi connectivity index (χ4v) is 4.04. The standard InChI is InChI=1S/C23H30N2O2/c1-24(2)18-15-23(20-13-7-4-8-14-20,22(27)25-16-9-10-17-25)21(26)19-11-5-3-6-12-19/h3-8,11-14,21,26H,9-10,15-18H2,1-2H3. The van der Waals surface area contributed by atoms with Crippen LogP contribution in [0, 0.1) is 0 Å². The summed E-state index contributed by atoms with van der Waals surface area (Å²) in [7, 11) is 4.01. The molecule has 1 heterocycles. The molecule has 3 rings (SSSR count). The highest BCUT2D eigenvalue weighted by Crippen LogP contribution is 2.43. The van der Waals surface area contributed by atoms with E-state index in [4.69, 9.17) is 0 Å². The Hall–Kier alpha value is -2.17. The molecule has 2 atom stereocenters. The minimum absolute atomic E-state index is 0.0457. The third-order valence-corrected chi connectivity index (χ3v) is 5.60. The molecule has 27 heavy (non-hydrogen) atoms. The average molecular weight is 367 g/mol. The van der Waals surface area contributed by atoms with Crippen molar-refractivity contribution in [2.75, 3.05) is 33.7 Å². The van der Waals surface area contributed by atoms with Crippen molar-refractivity contribution >= 4 is 5.91 Å². The molecule has 0 radical (unpaired) electrons. The normalized spacial score (nSPS) is 17.7. The molecule has 0 bridgehead atoms. The van der Waals surface area contributed by atoms with E-state index in [-0.39, 0.29) is 5.91 Å². The first-order valence-electron chi connectivity index (χ1n) is 9.78. The van der Waals surface area contributed by atoms with E-state index in [1.165, 1.54) is 0 Å². The zero-order valence-corrected chi connectivity index (χ0v) is 16.3. The number of nitrogens with zero attached hydrogens (tertiary/aromatic N) is 2. The second-order valence-corrected chi connectivity index (χ2v) is 7.70. The Bertz CT molecular complexity index is 727. The number of carbonyl (C=O) groups excluding carboxylic acids is 1. The van der Waals surface area contributed by atoms with Crippen LogP contribution >= 0.6 is 0 Å². The molecule has 2 aromatic rings. The van der Waals surface area contributed by atoms with Gasteiger partial charge >= 0.3 is 0 Å². The summed E-state index contributed by atoms with van der Waals surface area (Å²) in [6, 6.07) is 19.4. The van der Waals surface area contributed by atoms with Crippen molar-refractivity contribution < 1.29 is 9.90 Å². The fraction of sp³-hybridized carbons (Fsp3) is 0.435. The van der Waals surface area contributed by atoms with Crippen molar-refractivity contribution in [1.82, 2.24) is 9.80 Å². The van der Waals surface area contributed by atoms with Crippen molar-refractivity contribution in [1.29, 1.82) is 0 Å². The van der Waals surface area contributed by atoms with Gasteiger partial charge in [-0.3, -0.25) is 4.79 Å². The maximum Gasteiger partial charge on any atom is 0.236 e. The molecule has 1 saturated heterocycles. The summed E-state index contributed by atoms with van der Waals surface area (Å²) in [5, 5.41) is 11.6. The van der Waals surface area contributed by atoms with Gasteiger partial charge in [-0.15, -0.1) is 0 Å². The van der Waals surface area contributed by atoms with Gasteiger partial charge < -0.3 is 14.9 Å². The summed E-state index contributed by atoms with van der Waals surface area (Å²) in [5.74, 6) is 0.0457. The third kappa shape index (κ3) is 4.07. The quantitative estimate of drug-likeness (QED) is 0.818. The van der Waals surface area contributed by atoms with Crippen molar-refractivity contribution in [3.8, 4) is 0 Å². The molecule has 1 N–H and O–H groups in total. The number of aliphatic hydroxyl groups excluding tert-OH is 1. The molecule has 1 amide bonds. The van der Waals surface area contributed by atoms with Crippen molar-refractivity contribution in [3.63, 3.8) is 0 Å². The molecule has 1 fully saturated rings. The molecule has 0 aromatic heterocycles. The average Bonchev–Trinajstić information content (AvgIpc) is 3.24. The second-order valence-electron chi connectivity index (χ2n) is 7.70. The van der Waals surface area contributed by atoms with E-state index in [1.54, 1.807) is 0 Å². The summed E-state index contributed by atoms with van der Waals surface area (Å²) in [5.41, 5.74) is 0.685. The Balaban J connectivity index is 2.12. The number of amides is 1. The molecule has 4 heteroatoms. The SMILES string of the molecule is CN(C)CCC(C(=O)N1CCCC1)(c1ccccc1)C(O)c1ccccc1. The molecule has 0 saturated carbocycles. The smallest absolute Gasteiger partial charge is 0.236 e. The zero-order valence-electron chi connectivity index (χ0n) is 16.3. The highest BCUT2D eigenvalue weighted by atomic mass is 16.3. The van der Waals surface area contributed by atoms with Gasteiger partial charge in [0, 0.05) is 13.1 Å². The lowest BCUT2D eigenvalue weighted by molar-refractivity contribution is -0.142. The largest absolute Gasteiger partial charge is 0.387 e. The number of hydrogen-bond acceptors (Lipinski definition) is 3. The van der Waals surface area contributed by atoms with Crippen LogP contribution in [0.3, 0.4) is 0 Å². The first kappa shape index (κ1) is 19.6. The molecular formula is C23H30N2O2. The number of likely N-dealkylation sites (tertiary alicyclic amines) is 1. The van der Waals surface area contributed by atoms with Gasteiger partial charge in [0.25, 0.3) is 0 Å². The van der Waals surface area contributed by atoms with Crippen molar-refractivity contribution in [2.24, 2.45) is 0 Å². The van der Waals surface area contributed by atoms with Crippen molar-refractivity contribution in [3.05, 3.63) is 71.8 Å². The van der Waals surface area contributed by atoms with Crippen LogP contribution in [0.4, 0.5) is 0 Å². The highest BCUT2D eigenvalue weighted by molar-refractivity contribution is 5.89. The molecule has 1 aliphatic heterocycles. The van der Waals surface area contributed by atoms with E-state index in [2.05, 4.69) is 4.90 Å². The van der Waals surface area contributed by atoms with Crippen LogP contribution in [-0.4, -0.2) is 54.5 Å².